The number of likely N-dealkylation sites (tertiary alicyclic amines) is 1. The Morgan fingerprint density at radius 1 is 0.882 bits per heavy atom. The Bertz CT molecular complexity index is 1350. The number of hydrogen-bond acceptors (Lipinski definition) is 7. The van der Waals surface area contributed by atoms with E-state index in [0.717, 1.165) is 58.2 Å². The fourth-order valence-electron chi connectivity index (χ4n) is 11.2. The zero-order chi connectivity index (χ0) is 37.8. The predicted octanol–water partition coefficient (Wildman–Crippen LogP) is 5.91. The first-order valence-electron chi connectivity index (χ1n) is 20.3. The van der Waals surface area contributed by atoms with Crippen LogP contribution < -0.4 is 5.73 Å². The van der Waals surface area contributed by atoms with Crippen molar-refractivity contribution in [3.63, 3.8) is 0 Å². The molecule has 2 saturated heterocycles. The number of ketones is 3. The molecule has 5 aliphatic rings. The monoisotopic (exact) mass is 711 g/mol. The number of hydrogen-bond donors (Lipinski definition) is 1. The van der Waals surface area contributed by atoms with Gasteiger partial charge in [-0.2, -0.15) is 0 Å². The number of nitrogens with zero attached hydrogens (tertiary/aromatic N) is 3. The molecule has 0 radical (unpaired) electrons. The third-order valence-electron chi connectivity index (χ3n) is 15.5. The molecule has 9 nitrogen and oxygen atoms in total. The van der Waals surface area contributed by atoms with E-state index in [1.807, 2.05) is 25.7 Å². The van der Waals surface area contributed by atoms with E-state index < -0.39 is 35.0 Å². The number of primary amides is 1. The maximum absolute atomic E-state index is 15.0. The molecule has 9 heteroatoms. The molecule has 5 fully saturated rings. The Balaban J connectivity index is 1.36. The minimum absolute atomic E-state index is 0.00399. The molecule has 0 aromatic carbocycles. The second-order valence-electron chi connectivity index (χ2n) is 19.9. The predicted molar refractivity (Wildman–Crippen MR) is 201 cm³/mol. The van der Waals surface area contributed by atoms with Crippen LogP contribution in [0.3, 0.4) is 0 Å². The van der Waals surface area contributed by atoms with Gasteiger partial charge in [0, 0.05) is 74.8 Å². The van der Waals surface area contributed by atoms with Crippen molar-refractivity contribution in [2.24, 2.45) is 57.0 Å². The van der Waals surface area contributed by atoms with E-state index in [1.165, 1.54) is 0 Å². The van der Waals surface area contributed by atoms with Crippen molar-refractivity contribution >= 4 is 29.2 Å². The minimum atomic E-state index is -0.984. The zero-order valence-corrected chi connectivity index (χ0v) is 33.7. The lowest BCUT2D eigenvalue weighted by molar-refractivity contribution is -0.147. The van der Waals surface area contributed by atoms with Gasteiger partial charge in [-0.3, -0.25) is 33.8 Å². The lowest BCUT2D eigenvalue weighted by Crippen LogP contribution is -2.56. The molecule has 1 unspecified atom stereocenters. The Kier molecular flexibility index (Phi) is 11.5. The van der Waals surface area contributed by atoms with Gasteiger partial charge in [0.25, 0.3) is 5.91 Å². The smallest absolute Gasteiger partial charge is 0.285 e. The van der Waals surface area contributed by atoms with E-state index >= 15 is 0 Å². The highest BCUT2D eigenvalue weighted by Crippen LogP contribution is 2.88. The minimum Gasteiger partial charge on any atom is -0.363 e. The summed E-state index contributed by atoms with van der Waals surface area (Å²) in [6.07, 6.45) is 8.09. The molecule has 7 atom stereocenters. The summed E-state index contributed by atoms with van der Waals surface area (Å²) in [7, 11) is 2.19. The van der Waals surface area contributed by atoms with Crippen LogP contribution in [0.4, 0.5) is 0 Å². The second-order valence-corrected chi connectivity index (χ2v) is 19.9. The van der Waals surface area contributed by atoms with Crippen LogP contribution in [0, 0.1) is 51.2 Å². The number of carbonyl (C=O) groups excluding carboxylic acids is 5. The molecule has 0 aromatic heterocycles. The summed E-state index contributed by atoms with van der Waals surface area (Å²) in [5, 5.41) is 0. The first-order chi connectivity index (χ1) is 23.7. The van der Waals surface area contributed by atoms with Crippen LogP contribution in [-0.2, 0) is 24.0 Å². The van der Waals surface area contributed by atoms with Crippen LogP contribution in [-0.4, -0.2) is 95.2 Å². The molecular formula is C42H70N4O5. The van der Waals surface area contributed by atoms with Gasteiger partial charge in [0.2, 0.25) is 11.7 Å². The third kappa shape index (κ3) is 7.37. The molecule has 5 rings (SSSR count). The van der Waals surface area contributed by atoms with Gasteiger partial charge >= 0.3 is 0 Å². The van der Waals surface area contributed by atoms with Crippen molar-refractivity contribution in [1.29, 1.82) is 0 Å². The van der Waals surface area contributed by atoms with Crippen molar-refractivity contribution in [2.75, 3.05) is 33.2 Å². The molecule has 0 aromatic rings. The Hall–Kier alpha value is -2.13. The first-order valence-corrected chi connectivity index (χ1v) is 20.3. The molecule has 288 valence electrons. The Labute approximate surface area is 308 Å². The lowest BCUT2D eigenvalue weighted by atomic mass is 9.73. The second kappa shape index (κ2) is 14.6. The van der Waals surface area contributed by atoms with Crippen molar-refractivity contribution in [3.05, 3.63) is 0 Å². The summed E-state index contributed by atoms with van der Waals surface area (Å²) >= 11 is 0. The van der Waals surface area contributed by atoms with Crippen LogP contribution in [0.15, 0.2) is 0 Å². The summed E-state index contributed by atoms with van der Waals surface area (Å²) in [5.74, 6) is -2.23. The average molecular weight is 711 g/mol. The summed E-state index contributed by atoms with van der Waals surface area (Å²) < 4.78 is 0. The lowest BCUT2D eigenvalue weighted by Gasteiger charge is -2.44. The highest BCUT2D eigenvalue weighted by Gasteiger charge is 2.85. The molecular weight excluding hydrogens is 640 g/mol. The van der Waals surface area contributed by atoms with E-state index in [9.17, 15) is 24.0 Å². The number of carbonyl (C=O) groups is 5. The van der Waals surface area contributed by atoms with Gasteiger partial charge in [-0.1, -0.05) is 74.1 Å². The standard InChI is InChI=1S/C42H70N4O5/c1-26(2)31(24-45-22-27(3)44(10)28(4)23-45)18-32(47)20-33(39(5,6)7)38(51)46-25-42(40(8,9)41(42)15-12-16-41)21-34(46)35(48)19-30(36(49)37(43)50)17-29-13-11-14-29/h26-31,33-34H,11-25H2,1-10H3,(H2,43,50)/t27-,28-,30?,31+,33+,34-,42+/m0/s1. The van der Waals surface area contributed by atoms with Gasteiger partial charge in [0.15, 0.2) is 5.78 Å². The molecule has 2 heterocycles. The van der Waals surface area contributed by atoms with Crippen LogP contribution >= 0.6 is 0 Å². The molecule has 2 spiro atoms. The fourth-order valence-corrected chi connectivity index (χ4v) is 11.2. The quantitative estimate of drug-likeness (QED) is 0.210. The van der Waals surface area contributed by atoms with Gasteiger partial charge in [-0.05, 0) is 80.6 Å². The van der Waals surface area contributed by atoms with Gasteiger partial charge in [-0.25, -0.2) is 0 Å². The number of likely N-dealkylation sites (N-methyl/N-ethyl adjacent to an activating group) is 1. The largest absolute Gasteiger partial charge is 0.363 e. The van der Waals surface area contributed by atoms with Gasteiger partial charge in [0.1, 0.15) is 5.78 Å². The van der Waals surface area contributed by atoms with Crippen LogP contribution in [0.2, 0.25) is 0 Å². The van der Waals surface area contributed by atoms with Gasteiger partial charge in [0.05, 0.1) is 6.04 Å². The van der Waals surface area contributed by atoms with E-state index in [4.69, 9.17) is 5.73 Å². The number of nitrogens with two attached hydrogens (primary N) is 1. The maximum atomic E-state index is 15.0. The van der Waals surface area contributed by atoms with Crippen LogP contribution in [0.5, 0.6) is 0 Å². The van der Waals surface area contributed by atoms with E-state index in [0.29, 0.717) is 49.7 Å². The fraction of sp³-hybridized carbons (Fsp3) is 0.881. The maximum Gasteiger partial charge on any atom is 0.285 e. The van der Waals surface area contributed by atoms with Crippen molar-refractivity contribution in [3.8, 4) is 0 Å². The highest BCUT2D eigenvalue weighted by atomic mass is 16.2. The van der Waals surface area contributed by atoms with E-state index in [2.05, 4.69) is 58.4 Å². The Morgan fingerprint density at radius 2 is 1.49 bits per heavy atom. The summed E-state index contributed by atoms with van der Waals surface area (Å²) in [6, 6.07) is 0.251. The third-order valence-corrected chi connectivity index (χ3v) is 15.5. The molecule has 3 saturated carbocycles. The topological polar surface area (TPSA) is 121 Å². The van der Waals surface area contributed by atoms with Crippen molar-refractivity contribution < 1.29 is 24.0 Å². The summed E-state index contributed by atoms with van der Waals surface area (Å²) in [6.45, 7) is 23.0. The Morgan fingerprint density at radius 3 is 1.94 bits per heavy atom. The van der Waals surface area contributed by atoms with Crippen LogP contribution in [0.25, 0.3) is 0 Å². The average Bonchev–Trinajstić information content (AvgIpc) is 3.20. The van der Waals surface area contributed by atoms with E-state index in [-0.39, 0.29) is 52.5 Å². The molecule has 2 aliphatic heterocycles. The zero-order valence-electron chi connectivity index (χ0n) is 33.7. The molecule has 3 aliphatic carbocycles. The number of amides is 2. The van der Waals surface area contributed by atoms with E-state index in [1.54, 1.807) is 0 Å². The SMILES string of the molecule is CC(C)[C@H](CC(=O)C[C@H](C(=O)N1C[C@]2(C[C@H]1C(=O)CC(CC1CCC1)C(=O)C(N)=O)C(C)(C)C21CCC1)C(C)(C)C)CN1C[C@H](C)N(C)[C@@H](C)C1. The first kappa shape index (κ1) is 40.1. The molecule has 2 N–H and O–H groups in total. The molecule has 51 heavy (non-hydrogen) atoms. The molecule has 0 bridgehead atoms. The van der Waals surface area contributed by atoms with Crippen LogP contribution in [0.1, 0.15) is 133 Å². The van der Waals surface area contributed by atoms with Gasteiger partial charge in [-0.15, -0.1) is 0 Å². The van der Waals surface area contributed by atoms with Crippen molar-refractivity contribution in [2.45, 2.75) is 151 Å². The number of fused-ring (bicyclic) bond motifs is 1. The molecule has 2 amide bonds. The number of Topliss-reactive ketones (excluding diaryl/α,β-unsaturated/α-hetero) is 3. The van der Waals surface area contributed by atoms with Crippen molar-refractivity contribution in [1.82, 2.24) is 14.7 Å². The summed E-state index contributed by atoms with van der Waals surface area (Å²) in [5.41, 5.74) is 4.95. The van der Waals surface area contributed by atoms with Gasteiger partial charge < -0.3 is 10.6 Å². The number of rotatable bonds is 15. The highest BCUT2D eigenvalue weighted by molar-refractivity contribution is 6.36. The normalized spacial score (nSPS) is 30.9. The summed E-state index contributed by atoms with van der Waals surface area (Å²) in [4.78, 5) is 75.3. The number of piperazine rings is 1.